The second-order valence-corrected chi connectivity index (χ2v) is 7.65. The first-order valence-electron chi connectivity index (χ1n) is 10.1. The van der Waals surface area contributed by atoms with E-state index in [1.165, 1.54) is 18.3 Å². The summed E-state index contributed by atoms with van der Waals surface area (Å²) in [4.78, 5) is 14.7. The number of pyridine rings is 1. The molecular formula is C24H20F2N4O. The number of hydrogen-bond acceptors (Lipinski definition) is 3. The summed E-state index contributed by atoms with van der Waals surface area (Å²) in [6.45, 7) is 0.205. The van der Waals surface area contributed by atoms with E-state index in [1.54, 1.807) is 16.8 Å². The number of aromatic nitrogens is 2. The van der Waals surface area contributed by atoms with Gasteiger partial charge in [0.2, 0.25) is 0 Å². The van der Waals surface area contributed by atoms with E-state index in [9.17, 15) is 13.6 Å². The van der Waals surface area contributed by atoms with Crippen molar-refractivity contribution in [3.8, 4) is 0 Å². The number of alkyl halides is 1. The molecule has 0 unspecified atom stereocenters. The van der Waals surface area contributed by atoms with Gasteiger partial charge in [0, 0.05) is 30.5 Å². The molecule has 156 valence electrons. The zero-order valence-corrected chi connectivity index (χ0v) is 16.6. The van der Waals surface area contributed by atoms with Gasteiger partial charge in [0.15, 0.2) is 0 Å². The van der Waals surface area contributed by atoms with E-state index in [4.69, 9.17) is 0 Å². The number of amides is 1. The van der Waals surface area contributed by atoms with E-state index >= 15 is 0 Å². The molecule has 2 aromatic carbocycles. The molecule has 2 aromatic heterocycles. The van der Waals surface area contributed by atoms with E-state index < -0.39 is 6.17 Å². The molecule has 0 spiro atoms. The molecule has 0 radical (unpaired) electrons. The third-order valence-electron chi connectivity index (χ3n) is 5.60. The Hall–Kier alpha value is -3.74. The molecule has 3 heterocycles. The Bertz CT molecular complexity index is 1240. The lowest BCUT2D eigenvalue weighted by molar-refractivity contribution is 0.102. The minimum atomic E-state index is -1.02. The molecule has 0 saturated carbocycles. The Kier molecular flexibility index (Phi) is 4.86. The number of nitrogens with zero attached hydrogens (tertiary/aromatic N) is 3. The normalized spacial score (nSPS) is 18.5. The number of hydrogen-bond donors (Lipinski definition) is 1. The summed E-state index contributed by atoms with van der Waals surface area (Å²) in [7, 11) is 0. The monoisotopic (exact) mass is 418 g/mol. The first kappa shape index (κ1) is 19.2. The van der Waals surface area contributed by atoms with Crippen molar-refractivity contribution in [3.05, 3.63) is 96.1 Å². The van der Waals surface area contributed by atoms with Gasteiger partial charge in [0.25, 0.3) is 5.91 Å². The fraction of sp³-hybridized carbons (Fsp3) is 0.167. The predicted octanol–water partition coefficient (Wildman–Crippen LogP) is 5.02. The van der Waals surface area contributed by atoms with Crippen LogP contribution in [0.4, 0.5) is 20.2 Å². The number of carbonyl (C=O) groups is 1. The van der Waals surface area contributed by atoms with Crippen LogP contribution in [0.5, 0.6) is 0 Å². The zero-order chi connectivity index (χ0) is 21.4. The van der Waals surface area contributed by atoms with Crippen molar-refractivity contribution in [3.63, 3.8) is 0 Å². The van der Waals surface area contributed by atoms with E-state index in [0.29, 0.717) is 16.8 Å². The molecule has 0 aliphatic carbocycles. The Morgan fingerprint density at radius 3 is 2.71 bits per heavy atom. The van der Waals surface area contributed by atoms with Crippen LogP contribution in [0.2, 0.25) is 0 Å². The van der Waals surface area contributed by atoms with Gasteiger partial charge in [-0.05, 0) is 42.0 Å². The predicted molar refractivity (Wildman–Crippen MR) is 116 cm³/mol. The summed E-state index contributed by atoms with van der Waals surface area (Å²) < 4.78 is 29.8. The van der Waals surface area contributed by atoms with Crippen molar-refractivity contribution in [1.29, 1.82) is 0 Å². The van der Waals surface area contributed by atoms with Crippen molar-refractivity contribution >= 4 is 22.8 Å². The summed E-state index contributed by atoms with van der Waals surface area (Å²) in [5.74, 6) is -0.615. The van der Waals surface area contributed by atoms with E-state index in [-0.39, 0.29) is 30.7 Å². The molecule has 31 heavy (non-hydrogen) atoms. The van der Waals surface area contributed by atoms with E-state index in [0.717, 1.165) is 11.3 Å². The Labute approximate surface area is 177 Å². The molecule has 1 fully saturated rings. The van der Waals surface area contributed by atoms with Crippen LogP contribution in [0.3, 0.4) is 0 Å². The number of carbonyl (C=O) groups excluding carboxylic acids is 1. The molecule has 7 heteroatoms. The Morgan fingerprint density at radius 1 is 1.06 bits per heavy atom. The van der Waals surface area contributed by atoms with Crippen molar-refractivity contribution < 1.29 is 13.6 Å². The van der Waals surface area contributed by atoms with Crippen LogP contribution in [0.15, 0.2) is 79.1 Å². The maximum Gasteiger partial charge on any atom is 0.259 e. The summed E-state index contributed by atoms with van der Waals surface area (Å²) in [5, 5.41) is 7.13. The van der Waals surface area contributed by atoms with Crippen molar-refractivity contribution in [2.24, 2.45) is 0 Å². The molecule has 1 aliphatic heterocycles. The number of anilines is 2. The molecule has 5 rings (SSSR count). The quantitative estimate of drug-likeness (QED) is 0.507. The van der Waals surface area contributed by atoms with Gasteiger partial charge in [-0.25, -0.2) is 13.3 Å². The minimum absolute atomic E-state index is 0.205. The summed E-state index contributed by atoms with van der Waals surface area (Å²) in [6, 6.07) is 18.9. The van der Waals surface area contributed by atoms with Crippen LogP contribution in [0, 0.1) is 5.82 Å². The van der Waals surface area contributed by atoms with Crippen LogP contribution < -0.4 is 10.2 Å². The van der Waals surface area contributed by atoms with E-state index in [2.05, 4.69) is 10.4 Å². The van der Waals surface area contributed by atoms with Crippen LogP contribution in [0.1, 0.15) is 28.4 Å². The van der Waals surface area contributed by atoms with Gasteiger partial charge >= 0.3 is 0 Å². The van der Waals surface area contributed by atoms with Gasteiger partial charge < -0.3 is 10.2 Å². The minimum Gasteiger partial charge on any atom is -0.361 e. The Balaban J connectivity index is 1.49. The standard InChI is InChI=1S/C24H20F2N4O/c25-17-6-4-5-16(11-17)22-12-18(26)15-29(22)20-9-10-30-23(13-20)21(14-27-30)24(31)28-19-7-2-1-3-8-19/h1-11,13-14,18,22H,12,15H2,(H,28,31)/t18-,22+/m0/s1. The number of nitrogens with one attached hydrogen (secondary N) is 1. The van der Waals surface area contributed by atoms with Crippen molar-refractivity contribution in [2.45, 2.75) is 18.6 Å². The molecular weight excluding hydrogens is 398 g/mol. The third kappa shape index (κ3) is 3.74. The number of halogens is 2. The fourth-order valence-electron chi connectivity index (χ4n) is 4.14. The molecule has 1 N–H and O–H groups in total. The highest BCUT2D eigenvalue weighted by atomic mass is 19.1. The molecule has 1 aliphatic rings. The molecule has 1 amide bonds. The molecule has 5 nitrogen and oxygen atoms in total. The van der Waals surface area contributed by atoms with Crippen LogP contribution >= 0.6 is 0 Å². The van der Waals surface area contributed by atoms with Gasteiger partial charge in [-0.3, -0.25) is 4.79 Å². The fourth-order valence-corrected chi connectivity index (χ4v) is 4.14. The topological polar surface area (TPSA) is 49.6 Å². The highest BCUT2D eigenvalue weighted by Gasteiger charge is 2.34. The molecule has 4 aromatic rings. The van der Waals surface area contributed by atoms with Crippen LogP contribution in [0.25, 0.3) is 5.52 Å². The maximum atomic E-state index is 14.4. The average molecular weight is 418 g/mol. The summed E-state index contributed by atoms with van der Waals surface area (Å²) >= 11 is 0. The number of para-hydroxylation sites is 1. The summed E-state index contributed by atoms with van der Waals surface area (Å²) in [6.07, 6.45) is 2.53. The lowest BCUT2D eigenvalue weighted by Crippen LogP contribution is -2.24. The van der Waals surface area contributed by atoms with Gasteiger partial charge in [-0.15, -0.1) is 0 Å². The highest BCUT2D eigenvalue weighted by Crippen LogP contribution is 2.38. The second-order valence-electron chi connectivity index (χ2n) is 7.65. The van der Waals surface area contributed by atoms with Crippen molar-refractivity contribution in [2.75, 3.05) is 16.8 Å². The third-order valence-corrected chi connectivity index (χ3v) is 5.60. The van der Waals surface area contributed by atoms with Crippen LogP contribution in [-0.2, 0) is 0 Å². The first-order chi connectivity index (χ1) is 15.1. The first-order valence-corrected chi connectivity index (χ1v) is 10.1. The lowest BCUT2D eigenvalue weighted by atomic mass is 10.0. The summed E-state index contributed by atoms with van der Waals surface area (Å²) in [5.41, 5.74) is 3.22. The number of benzene rings is 2. The molecule has 0 bridgehead atoms. The second kappa shape index (κ2) is 7.83. The smallest absolute Gasteiger partial charge is 0.259 e. The molecule has 2 atom stereocenters. The maximum absolute atomic E-state index is 14.4. The van der Waals surface area contributed by atoms with Crippen molar-refractivity contribution in [1.82, 2.24) is 9.61 Å². The SMILES string of the molecule is O=C(Nc1ccccc1)c1cnn2ccc(N3C[C@@H](F)C[C@@H]3c3cccc(F)c3)cc12. The highest BCUT2D eigenvalue weighted by molar-refractivity contribution is 6.09. The van der Waals surface area contributed by atoms with Crippen LogP contribution in [-0.4, -0.2) is 28.2 Å². The number of rotatable bonds is 4. The average Bonchev–Trinajstić information content (AvgIpc) is 3.37. The Morgan fingerprint density at radius 2 is 1.90 bits per heavy atom. The number of fused-ring (bicyclic) bond motifs is 1. The van der Waals surface area contributed by atoms with E-state index in [1.807, 2.05) is 53.4 Å². The van der Waals surface area contributed by atoms with Gasteiger partial charge in [-0.2, -0.15) is 5.10 Å². The lowest BCUT2D eigenvalue weighted by Gasteiger charge is -2.27. The van der Waals surface area contributed by atoms with Gasteiger partial charge in [0.1, 0.15) is 12.0 Å². The van der Waals surface area contributed by atoms with Gasteiger partial charge in [0.05, 0.1) is 23.3 Å². The van der Waals surface area contributed by atoms with Gasteiger partial charge in [-0.1, -0.05) is 30.3 Å². The zero-order valence-electron chi connectivity index (χ0n) is 16.6. The largest absolute Gasteiger partial charge is 0.361 e. The molecule has 1 saturated heterocycles.